The third-order valence-corrected chi connectivity index (χ3v) is 1.76. The van der Waals surface area contributed by atoms with Gasteiger partial charge in [0.15, 0.2) is 0 Å². The molecule has 0 aliphatic rings. The van der Waals surface area contributed by atoms with Crippen LogP contribution in [0.4, 0.5) is 0 Å². The Morgan fingerprint density at radius 3 is 2.69 bits per heavy atom. The lowest BCUT2D eigenvalue weighted by molar-refractivity contribution is 0.932. The highest BCUT2D eigenvalue weighted by atomic mass is 32.1. The maximum absolute atomic E-state index is 5.02. The van der Waals surface area contributed by atoms with E-state index in [-0.39, 0.29) is 0 Å². The van der Waals surface area contributed by atoms with Gasteiger partial charge in [0.2, 0.25) is 0 Å². The van der Waals surface area contributed by atoms with Crippen LogP contribution in [0.15, 0.2) is 31.4 Å². The summed E-state index contributed by atoms with van der Waals surface area (Å²) in [4.78, 5) is 7.33. The van der Waals surface area contributed by atoms with Crippen LogP contribution in [0.2, 0.25) is 0 Å². The molecule has 0 aliphatic heterocycles. The first-order valence-corrected chi connectivity index (χ1v) is 4.48. The molecule has 1 heterocycles. The van der Waals surface area contributed by atoms with E-state index in [2.05, 4.69) is 23.1 Å². The summed E-state index contributed by atoms with van der Waals surface area (Å²) in [6.07, 6.45) is 5.13. The molecule has 0 aromatic carbocycles. The number of nitrogens with zero attached hydrogens (tertiary/aromatic N) is 1. The van der Waals surface area contributed by atoms with Crippen molar-refractivity contribution < 1.29 is 0 Å². The molecule has 0 bridgehead atoms. The molecule has 0 unspecified atom stereocenters. The highest BCUT2D eigenvalue weighted by molar-refractivity contribution is 7.71. The fraction of sp³-hybridized carbons (Fsp3) is 0.200. The topological polar surface area (TPSA) is 28.7 Å². The van der Waals surface area contributed by atoms with E-state index in [1.165, 1.54) is 0 Å². The molecule has 0 saturated heterocycles. The van der Waals surface area contributed by atoms with Crippen LogP contribution in [0.25, 0.3) is 0 Å². The van der Waals surface area contributed by atoms with Gasteiger partial charge in [0, 0.05) is 18.5 Å². The number of rotatable bonds is 4. The Kier molecular flexibility index (Phi) is 3.58. The van der Waals surface area contributed by atoms with Gasteiger partial charge in [-0.2, -0.15) is 0 Å². The van der Waals surface area contributed by atoms with Crippen molar-refractivity contribution >= 4 is 12.2 Å². The van der Waals surface area contributed by atoms with Gasteiger partial charge in [-0.3, -0.25) is 0 Å². The number of aromatic amines is 1. The highest BCUT2D eigenvalue weighted by Crippen LogP contribution is 2.00. The lowest BCUT2D eigenvalue weighted by atomic mass is 10.3. The van der Waals surface area contributed by atoms with Gasteiger partial charge < -0.3 is 4.98 Å². The normalized spacial score (nSPS) is 9.54. The first-order chi connectivity index (χ1) is 6.26. The summed E-state index contributed by atoms with van der Waals surface area (Å²) in [5, 5.41) is 0. The van der Waals surface area contributed by atoms with E-state index < -0.39 is 0 Å². The third kappa shape index (κ3) is 2.95. The number of hydrogen-bond donors (Lipinski definition) is 1. The number of aromatic nitrogens is 2. The second kappa shape index (κ2) is 4.72. The van der Waals surface area contributed by atoms with Crippen molar-refractivity contribution in [3.05, 3.63) is 47.5 Å². The zero-order chi connectivity index (χ0) is 9.68. The predicted octanol–water partition coefficient (Wildman–Crippen LogP) is 2.60. The Labute approximate surface area is 83.0 Å². The minimum atomic E-state index is 0.618. The summed E-state index contributed by atoms with van der Waals surface area (Å²) >= 11 is 5.02. The average Bonchev–Trinajstić information content (AvgIpc) is 2.04. The van der Waals surface area contributed by atoms with Crippen molar-refractivity contribution in [1.29, 1.82) is 0 Å². The Hall–Kier alpha value is -1.22. The molecule has 68 valence electrons. The fourth-order valence-corrected chi connectivity index (χ4v) is 1.32. The number of nitrogens with one attached hydrogen (secondary N) is 1. The molecule has 0 fully saturated rings. The van der Waals surface area contributed by atoms with Crippen molar-refractivity contribution in [2.24, 2.45) is 0 Å². The lowest BCUT2D eigenvalue weighted by Gasteiger charge is -2.01. The molecule has 13 heavy (non-hydrogen) atoms. The summed E-state index contributed by atoms with van der Waals surface area (Å²) in [7, 11) is 0. The molecule has 0 aliphatic carbocycles. The van der Waals surface area contributed by atoms with Crippen LogP contribution < -0.4 is 0 Å². The Balaban J connectivity index is 3.02. The molecule has 0 amide bonds. The van der Waals surface area contributed by atoms with Gasteiger partial charge in [0.25, 0.3) is 0 Å². The molecule has 1 N–H and O–H groups in total. The average molecular weight is 192 g/mol. The van der Waals surface area contributed by atoms with Crippen LogP contribution in [-0.2, 0) is 12.8 Å². The summed E-state index contributed by atoms with van der Waals surface area (Å²) < 4.78 is 0.618. The molecule has 1 aromatic heterocycles. The standard InChI is InChI=1S/C10H12N2S/c1-3-5-8-7-10(13)12-9(11-8)6-4-2/h3-4,7H,1-2,5-6H2,(H,11,12,13). The maximum Gasteiger partial charge on any atom is 0.130 e. The van der Waals surface area contributed by atoms with Crippen LogP contribution in [0.5, 0.6) is 0 Å². The van der Waals surface area contributed by atoms with Crippen molar-refractivity contribution in [2.45, 2.75) is 12.8 Å². The third-order valence-electron chi connectivity index (χ3n) is 1.55. The van der Waals surface area contributed by atoms with Crippen molar-refractivity contribution in [3.63, 3.8) is 0 Å². The predicted molar refractivity (Wildman–Crippen MR) is 57.2 cm³/mol. The van der Waals surface area contributed by atoms with Crippen molar-refractivity contribution in [1.82, 2.24) is 9.97 Å². The van der Waals surface area contributed by atoms with E-state index in [9.17, 15) is 0 Å². The minimum absolute atomic E-state index is 0.618. The zero-order valence-electron chi connectivity index (χ0n) is 7.42. The first kappa shape index (κ1) is 9.86. The highest BCUT2D eigenvalue weighted by Gasteiger charge is 1.95. The Morgan fingerprint density at radius 2 is 2.08 bits per heavy atom. The van der Waals surface area contributed by atoms with Crippen molar-refractivity contribution in [2.75, 3.05) is 0 Å². The van der Waals surface area contributed by atoms with E-state index in [0.29, 0.717) is 11.1 Å². The molecule has 0 saturated carbocycles. The molecule has 1 rings (SSSR count). The van der Waals surface area contributed by atoms with Crippen LogP contribution in [0, 0.1) is 4.64 Å². The second-order valence-electron chi connectivity index (χ2n) is 2.68. The van der Waals surface area contributed by atoms with Gasteiger partial charge in [0.1, 0.15) is 10.5 Å². The minimum Gasteiger partial charge on any atom is -0.347 e. The van der Waals surface area contributed by atoms with E-state index in [1.807, 2.05) is 12.1 Å². The SMILES string of the molecule is C=CCc1cc(=S)nc(CC=C)[nH]1. The summed E-state index contributed by atoms with van der Waals surface area (Å²) in [6, 6.07) is 1.85. The van der Waals surface area contributed by atoms with Gasteiger partial charge >= 0.3 is 0 Å². The second-order valence-corrected chi connectivity index (χ2v) is 3.10. The fourth-order valence-electron chi connectivity index (χ4n) is 1.06. The largest absolute Gasteiger partial charge is 0.347 e. The smallest absolute Gasteiger partial charge is 0.130 e. The molecule has 0 atom stereocenters. The number of H-pyrrole nitrogens is 1. The maximum atomic E-state index is 5.02. The van der Waals surface area contributed by atoms with Gasteiger partial charge in [-0.1, -0.05) is 24.4 Å². The molecular weight excluding hydrogens is 180 g/mol. The zero-order valence-corrected chi connectivity index (χ0v) is 8.23. The number of hydrogen-bond acceptors (Lipinski definition) is 2. The molecule has 1 aromatic rings. The van der Waals surface area contributed by atoms with Crippen LogP contribution in [-0.4, -0.2) is 9.97 Å². The molecular formula is C10H12N2S. The van der Waals surface area contributed by atoms with Gasteiger partial charge in [0.05, 0.1) is 0 Å². The monoisotopic (exact) mass is 192 g/mol. The lowest BCUT2D eigenvalue weighted by Crippen LogP contribution is -1.97. The quantitative estimate of drug-likeness (QED) is 0.586. The molecule has 2 nitrogen and oxygen atoms in total. The summed E-state index contributed by atoms with van der Waals surface area (Å²) in [6.45, 7) is 7.31. The summed E-state index contributed by atoms with van der Waals surface area (Å²) in [5.41, 5.74) is 1.05. The van der Waals surface area contributed by atoms with E-state index in [1.54, 1.807) is 6.08 Å². The molecule has 3 heteroatoms. The van der Waals surface area contributed by atoms with Gasteiger partial charge in [-0.15, -0.1) is 13.2 Å². The van der Waals surface area contributed by atoms with E-state index in [4.69, 9.17) is 12.2 Å². The van der Waals surface area contributed by atoms with Crippen molar-refractivity contribution in [3.8, 4) is 0 Å². The molecule has 0 radical (unpaired) electrons. The summed E-state index contributed by atoms with van der Waals surface area (Å²) in [5.74, 6) is 0.861. The first-order valence-electron chi connectivity index (χ1n) is 4.07. The molecule has 0 spiro atoms. The van der Waals surface area contributed by atoms with Crippen LogP contribution >= 0.6 is 12.2 Å². The van der Waals surface area contributed by atoms with E-state index in [0.717, 1.165) is 17.9 Å². The Morgan fingerprint density at radius 1 is 1.38 bits per heavy atom. The Bertz CT molecular complexity index is 334. The van der Waals surface area contributed by atoms with Crippen LogP contribution in [0.3, 0.4) is 0 Å². The van der Waals surface area contributed by atoms with Gasteiger partial charge in [-0.25, -0.2) is 4.98 Å². The number of allylic oxidation sites excluding steroid dienone is 2. The van der Waals surface area contributed by atoms with E-state index >= 15 is 0 Å². The van der Waals surface area contributed by atoms with Gasteiger partial charge in [-0.05, 0) is 6.07 Å². The van der Waals surface area contributed by atoms with Crippen LogP contribution in [0.1, 0.15) is 11.5 Å².